The van der Waals surface area contributed by atoms with Crippen LogP contribution in [0.2, 0.25) is 0 Å². The molecule has 1 unspecified atom stereocenters. The molecule has 2 aromatic rings. The maximum Gasteiger partial charge on any atom is 0.416 e. The molecule has 0 aliphatic carbocycles. The van der Waals surface area contributed by atoms with E-state index in [2.05, 4.69) is 10.3 Å². The summed E-state index contributed by atoms with van der Waals surface area (Å²) in [7, 11) is 0. The molecule has 0 saturated heterocycles. The average molecular weight is 434 g/mol. The lowest BCUT2D eigenvalue weighted by Crippen LogP contribution is -2.27. The van der Waals surface area contributed by atoms with Gasteiger partial charge in [0.05, 0.1) is 30.3 Å². The molecular formula is C23H25F3N2O3. The topological polar surface area (TPSA) is 60.5 Å². The number of alkyl halides is 3. The van der Waals surface area contributed by atoms with Crippen LogP contribution in [0, 0.1) is 0 Å². The molecular weight excluding hydrogens is 409 g/mol. The highest BCUT2D eigenvalue weighted by Crippen LogP contribution is 2.48. The summed E-state index contributed by atoms with van der Waals surface area (Å²) in [5.74, 6) is -1.52. The molecule has 1 atom stereocenters. The van der Waals surface area contributed by atoms with Crippen LogP contribution in [-0.2, 0) is 15.7 Å². The third-order valence-electron chi connectivity index (χ3n) is 5.07. The van der Waals surface area contributed by atoms with Gasteiger partial charge in [-0.15, -0.1) is 0 Å². The van der Waals surface area contributed by atoms with E-state index in [0.29, 0.717) is 23.6 Å². The third-order valence-corrected chi connectivity index (χ3v) is 5.07. The number of hydrogen-bond acceptors (Lipinski definition) is 5. The van der Waals surface area contributed by atoms with Crippen LogP contribution in [0.4, 0.5) is 18.9 Å². The van der Waals surface area contributed by atoms with Crippen molar-refractivity contribution >= 4 is 11.7 Å². The van der Waals surface area contributed by atoms with E-state index in [0.717, 1.165) is 18.9 Å². The van der Waals surface area contributed by atoms with Gasteiger partial charge in [0, 0.05) is 23.1 Å². The average Bonchev–Trinajstić information content (AvgIpc) is 2.72. The third kappa shape index (κ3) is 4.68. The van der Waals surface area contributed by atoms with Crippen molar-refractivity contribution in [3.63, 3.8) is 0 Å². The lowest BCUT2D eigenvalue weighted by atomic mass is 9.79. The fraction of sp³-hybridized carbons (Fsp3) is 0.391. The molecule has 1 aliphatic heterocycles. The number of benzene rings is 1. The molecule has 0 amide bonds. The SMILES string of the molecule is CCCCOc1nccc2c1C(c1ccccc1C(F)(F)F)C(C(=O)OCC)=C(C)N2. The Balaban J connectivity index is 2.26. The quantitative estimate of drug-likeness (QED) is 0.449. The largest absolute Gasteiger partial charge is 0.477 e. The Hall–Kier alpha value is -3.03. The normalized spacial score (nSPS) is 15.9. The van der Waals surface area contributed by atoms with E-state index < -0.39 is 23.6 Å². The number of ether oxygens (including phenoxy) is 2. The zero-order valence-electron chi connectivity index (χ0n) is 17.7. The van der Waals surface area contributed by atoms with Gasteiger partial charge >= 0.3 is 12.1 Å². The molecule has 3 rings (SSSR count). The summed E-state index contributed by atoms with van der Waals surface area (Å²) in [5.41, 5.74) is 0.621. The molecule has 2 heterocycles. The Morgan fingerprint density at radius 3 is 2.61 bits per heavy atom. The molecule has 1 N–H and O–H groups in total. The number of halogens is 3. The molecule has 31 heavy (non-hydrogen) atoms. The summed E-state index contributed by atoms with van der Waals surface area (Å²) in [6, 6.07) is 6.92. The maximum absolute atomic E-state index is 13.9. The molecule has 8 heteroatoms. The number of anilines is 1. The van der Waals surface area contributed by atoms with Gasteiger partial charge in [-0.3, -0.25) is 0 Å². The van der Waals surface area contributed by atoms with E-state index in [9.17, 15) is 18.0 Å². The number of fused-ring (bicyclic) bond motifs is 1. The van der Waals surface area contributed by atoms with Crippen LogP contribution >= 0.6 is 0 Å². The minimum atomic E-state index is -4.60. The number of hydrogen-bond donors (Lipinski definition) is 1. The number of unbranched alkanes of at least 4 members (excludes halogenated alkanes) is 1. The fourth-order valence-electron chi connectivity index (χ4n) is 3.70. The highest BCUT2D eigenvalue weighted by molar-refractivity contribution is 5.95. The van der Waals surface area contributed by atoms with Crippen molar-refractivity contribution in [3.8, 4) is 5.88 Å². The molecule has 5 nitrogen and oxygen atoms in total. The molecule has 0 fully saturated rings. The lowest BCUT2D eigenvalue weighted by molar-refractivity contribution is -0.140. The Labute approximate surface area is 179 Å². The van der Waals surface area contributed by atoms with Crippen LogP contribution < -0.4 is 10.1 Å². The zero-order valence-corrected chi connectivity index (χ0v) is 17.7. The lowest BCUT2D eigenvalue weighted by Gasteiger charge is -2.32. The molecule has 1 aromatic carbocycles. The fourth-order valence-corrected chi connectivity index (χ4v) is 3.70. The van der Waals surface area contributed by atoms with Crippen molar-refractivity contribution in [2.75, 3.05) is 18.5 Å². The second-order valence-electron chi connectivity index (χ2n) is 7.18. The van der Waals surface area contributed by atoms with Gasteiger partial charge in [0.25, 0.3) is 0 Å². The highest BCUT2D eigenvalue weighted by atomic mass is 19.4. The summed E-state index contributed by atoms with van der Waals surface area (Å²) < 4.78 is 52.8. The number of rotatable bonds is 7. The molecule has 0 saturated carbocycles. The van der Waals surface area contributed by atoms with E-state index in [1.54, 1.807) is 19.9 Å². The summed E-state index contributed by atoms with van der Waals surface area (Å²) in [6.45, 7) is 5.77. The summed E-state index contributed by atoms with van der Waals surface area (Å²) in [4.78, 5) is 17.2. The monoisotopic (exact) mass is 434 g/mol. The van der Waals surface area contributed by atoms with Gasteiger partial charge in [-0.2, -0.15) is 13.2 Å². The zero-order chi connectivity index (χ0) is 22.6. The van der Waals surface area contributed by atoms with Gasteiger partial charge in [0.15, 0.2) is 0 Å². The number of carbonyl (C=O) groups excluding carboxylic acids is 1. The van der Waals surface area contributed by atoms with E-state index in [4.69, 9.17) is 9.47 Å². The molecule has 1 aromatic heterocycles. The second kappa shape index (κ2) is 9.41. The Morgan fingerprint density at radius 2 is 1.94 bits per heavy atom. The van der Waals surface area contributed by atoms with Gasteiger partial charge in [-0.25, -0.2) is 9.78 Å². The molecule has 0 radical (unpaired) electrons. The summed E-state index contributed by atoms with van der Waals surface area (Å²) >= 11 is 0. The number of nitrogens with one attached hydrogen (secondary N) is 1. The first-order valence-corrected chi connectivity index (χ1v) is 10.2. The van der Waals surface area contributed by atoms with Gasteiger partial charge in [0.1, 0.15) is 0 Å². The maximum atomic E-state index is 13.9. The number of pyridine rings is 1. The molecule has 0 bridgehead atoms. The minimum Gasteiger partial charge on any atom is -0.477 e. The number of esters is 1. The van der Waals surface area contributed by atoms with Crippen LogP contribution in [0.5, 0.6) is 5.88 Å². The Kier molecular flexibility index (Phi) is 6.87. The van der Waals surface area contributed by atoms with E-state index in [1.807, 2.05) is 6.92 Å². The standard InChI is InChI=1S/C23H25F3N2O3/c1-4-6-13-31-21-20-17(11-12-27-21)28-14(3)18(22(29)30-5-2)19(20)15-9-7-8-10-16(15)23(24,25)26/h7-12,19,28H,4-6,13H2,1-3H3. The van der Waals surface area contributed by atoms with Gasteiger partial charge in [0.2, 0.25) is 5.88 Å². The Bertz CT molecular complexity index is 986. The van der Waals surface area contributed by atoms with Crippen LogP contribution in [0.15, 0.2) is 47.8 Å². The van der Waals surface area contributed by atoms with Crippen LogP contribution in [0.3, 0.4) is 0 Å². The van der Waals surface area contributed by atoms with Gasteiger partial charge < -0.3 is 14.8 Å². The van der Waals surface area contributed by atoms with Crippen molar-refractivity contribution in [1.82, 2.24) is 4.98 Å². The van der Waals surface area contributed by atoms with Crippen molar-refractivity contribution in [1.29, 1.82) is 0 Å². The highest BCUT2D eigenvalue weighted by Gasteiger charge is 2.42. The predicted molar refractivity (Wildman–Crippen MR) is 111 cm³/mol. The van der Waals surface area contributed by atoms with E-state index in [1.165, 1.54) is 24.4 Å². The first-order chi connectivity index (χ1) is 14.8. The van der Waals surface area contributed by atoms with Crippen LogP contribution in [-0.4, -0.2) is 24.2 Å². The van der Waals surface area contributed by atoms with Crippen LogP contribution in [0.1, 0.15) is 56.2 Å². The predicted octanol–water partition coefficient (Wildman–Crippen LogP) is 5.67. The van der Waals surface area contributed by atoms with E-state index in [-0.39, 0.29) is 23.6 Å². The smallest absolute Gasteiger partial charge is 0.416 e. The Morgan fingerprint density at radius 1 is 1.19 bits per heavy atom. The summed E-state index contributed by atoms with van der Waals surface area (Å²) in [5, 5.41) is 3.12. The molecule has 166 valence electrons. The first kappa shape index (κ1) is 22.7. The number of allylic oxidation sites excluding steroid dienone is 1. The van der Waals surface area contributed by atoms with Crippen molar-refractivity contribution in [2.45, 2.75) is 45.7 Å². The molecule has 0 spiro atoms. The summed E-state index contributed by atoms with van der Waals surface area (Å²) in [6.07, 6.45) is -1.41. The number of nitrogens with zero attached hydrogens (tertiary/aromatic N) is 1. The first-order valence-electron chi connectivity index (χ1n) is 10.2. The van der Waals surface area contributed by atoms with Crippen LogP contribution in [0.25, 0.3) is 0 Å². The van der Waals surface area contributed by atoms with Crippen molar-refractivity contribution in [3.05, 3.63) is 64.5 Å². The van der Waals surface area contributed by atoms with Crippen molar-refractivity contribution < 1.29 is 27.4 Å². The number of aromatic nitrogens is 1. The van der Waals surface area contributed by atoms with Crippen molar-refractivity contribution in [2.24, 2.45) is 0 Å². The minimum absolute atomic E-state index is 0.0477. The number of carbonyl (C=O) groups is 1. The van der Waals surface area contributed by atoms with Gasteiger partial charge in [-0.1, -0.05) is 31.5 Å². The molecule has 1 aliphatic rings. The van der Waals surface area contributed by atoms with Gasteiger partial charge in [-0.05, 0) is 38.0 Å². The van der Waals surface area contributed by atoms with E-state index >= 15 is 0 Å². The second-order valence-corrected chi connectivity index (χ2v) is 7.18.